The zero-order valence-electron chi connectivity index (χ0n) is 17.6. The lowest BCUT2D eigenvalue weighted by Gasteiger charge is -2.09. The van der Waals surface area contributed by atoms with E-state index in [1.807, 2.05) is 17.6 Å². The van der Waals surface area contributed by atoms with Gasteiger partial charge in [0.2, 0.25) is 0 Å². The fourth-order valence-electron chi connectivity index (χ4n) is 3.46. The SMILES string of the molecule is C=C(C)n1c(=O)n(CCCCOc2ccc(C)c(C)c2)c2cc(C)c(C)cc21. The molecule has 0 unspecified atom stereocenters. The van der Waals surface area contributed by atoms with Crippen LogP contribution in [0.3, 0.4) is 0 Å². The largest absolute Gasteiger partial charge is 0.494 e. The van der Waals surface area contributed by atoms with Crippen molar-refractivity contribution in [2.75, 3.05) is 6.61 Å². The monoisotopic (exact) mass is 378 g/mol. The number of allylic oxidation sites excluding steroid dienone is 1. The molecule has 0 aliphatic carbocycles. The predicted octanol–water partition coefficient (Wildman–Crippen LogP) is 5.39. The van der Waals surface area contributed by atoms with E-state index in [9.17, 15) is 4.79 Å². The van der Waals surface area contributed by atoms with E-state index in [-0.39, 0.29) is 5.69 Å². The van der Waals surface area contributed by atoms with E-state index >= 15 is 0 Å². The number of aryl methyl sites for hydroxylation is 5. The van der Waals surface area contributed by atoms with Crippen molar-refractivity contribution >= 4 is 16.7 Å². The standard InChI is InChI=1S/C24H30N2O2/c1-16(2)26-23-15-20(6)19(5)14-22(23)25(24(26)27)11-7-8-12-28-21-10-9-17(3)18(4)13-21/h9-10,13-15H,1,7-8,11-12H2,2-6H3. The lowest BCUT2D eigenvalue weighted by molar-refractivity contribution is 0.303. The van der Waals surface area contributed by atoms with Gasteiger partial charge in [0, 0.05) is 12.2 Å². The summed E-state index contributed by atoms with van der Waals surface area (Å²) < 4.78 is 9.45. The molecular formula is C24H30N2O2. The van der Waals surface area contributed by atoms with Crippen LogP contribution in [0.25, 0.3) is 16.7 Å². The van der Waals surface area contributed by atoms with Crippen LogP contribution in [-0.2, 0) is 6.54 Å². The molecule has 3 aromatic rings. The first-order valence-electron chi connectivity index (χ1n) is 9.88. The van der Waals surface area contributed by atoms with Crippen molar-refractivity contribution in [3.63, 3.8) is 0 Å². The van der Waals surface area contributed by atoms with Crippen LogP contribution >= 0.6 is 0 Å². The van der Waals surface area contributed by atoms with Gasteiger partial charge in [-0.05, 0) is 94.0 Å². The van der Waals surface area contributed by atoms with Gasteiger partial charge in [-0.3, -0.25) is 9.13 Å². The predicted molar refractivity (Wildman–Crippen MR) is 117 cm³/mol. The maximum atomic E-state index is 12.9. The molecule has 1 aromatic heterocycles. The molecule has 0 aliphatic rings. The van der Waals surface area contributed by atoms with Crippen molar-refractivity contribution in [2.24, 2.45) is 0 Å². The quantitative estimate of drug-likeness (QED) is 0.517. The van der Waals surface area contributed by atoms with E-state index in [2.05, 4.69) is 58.5 Å². The first-order valence-corrected chi connectivity index (χ1v) is 9.88. The highest BCUT2D eigenvalue weighted by molar-refractivity contribution is 5.81. The molecule has 0 saturated heterocycles. The summed E-state index contributed by atoms with van der Waals surface area (Å²) >= 11 is 0. The zero-order valence-corrected chi connectivity index (χ0v) is 17.6. The Morgan fingerprint density at radius 3 is 2.21 bits per heavy atom. The van der Waals surface area contributed by atoms with Crippen LogP contribution < -0.4 is 10.4 Å². The summed E-state index contributed by atoms with van der Waals surface area (Å²) in [6.45, 7) is 15.5. The lowest BCUT2D eigenvalue weighted by atomic mass is 10.1. The Hall–Kier alpha value is -2.75. The van der Waals surface area contributed by atoms with Crippen molar-refractivity contribution in [1.29, 1.82) is 0 Å². The first-order chi connectivity index (χ1) is 13.3. The second-order valence-electron chi connectivity index (χ2n) is 7.73. The molecule has 4 heteroatoms. The Balaban J connectivity index is 1.71. The van der Waals surface area contributed by atoms with Crippen LogP contribution in [0, 0.1) is 27.7 Å². The third-order valence-corrected chi connectivity index (χ3v) is 5.45. The van der Waals surface area contributed by atoms with E-state index in [1.54, 1.807) is 4.57 Å². The van der Waals surface area contributed by atoms with E-state index in [4.69, 9.17) is 4.74 Å². The molecule has 0 radical (unpaired) electrons. The highest BCUT2D eigenvalue weighted by Gasteiger charge is 2.14. The molecule has 28 heavy (non-hydrogen) atoms. The molecule has 0 fully saturated rings. The number of benzene rings is 2. The molecule has 0 amide bonds. The van der Waals surface area contributed by atoms with Crippen molar-refractivity contribution < 1.29 is 4.74 Å². The Labute approximate surface area is 167 Å². The molecule has 3 rings (SSSR count). The number of fused-ring (bicyclic) bond motifs is 1. The zero-order chi connectivity index (χ0) is 20.4. The smallest absolute Gasteiger partial charge is 0.333 e. The number of rotatable bonds is 7. The van der Waals surface area contributed by atoms with Crippen LogP contribution in [-0.4, -0.2) is 15.7 Å². The number of aromatic nitrogens is 2. The molecule has 0 N–H and O–H groups in total. The molecule has 0 spiro atoms. The maximum Gasteiger partial charge on any atom is 0.333 e. The third kappa shape index (κ3) is 3.91. The van der Waals surface area contributed by atoms with E-state index < -0.39 is 0 Å². The minimum Gasteiger partial charge on any atom is -0.494 e. The highest BCUT2D eigenvalue weighted by Crippen LogP contribution is 2.21. The number of ether oxygens (including phenoxy) is 1. The van der Waals surface area contributed by atoms with E-state index in [0.29, 0.717) is 13.2 Å². The summed E-state index contributed by atoms with van der Waals surface area (Å²) in [5.41, 5.74) is 7.53. The summed E-state index contributed by atoms with van der Waals surface area (Å²) in [6.07, 6.45) is 1.77. The van der Waals surface area contributed by atoms with Crippen LogP contribution in [0.15, 0.2) is 41.7 Å². The number of nitrogens with zero attached hydrogens (tertiary/aromatic N) is 2. The average Bonchev–Trinajstić information content (AvgIpc) is 2.89. The van der Waals surface area contributed by atoms with E-state index in [0.717, 1.165) is 35.3 Å². The molecular weight excluding hydrogens is 348 g/mol. The fraction of sp³-hybridized carbons (Fsp3) is 0.375. The number of hydrogen-bond acceptors (Lipinski definition) is 2. The number of imidazole rings is 1. The molecule has 0 aliphatic heterocycles. The van der Waals surface area contributed by atoms with Crippen molar-refractivity contribution in [1.82, 2.24) is 9.13 Å². The molecule has 2 aromatic carbocycles. The lowest BCUT2D eigenvalue weighted by Crippen LogP contribution is -2.23. The molecule has 0 saturated carbocycles. The van der Waals surface area contributed by atoms with Gasteiger partial charge >= 0.3 is 5.69 Å². The minimum atomic E-state index is -0.0115. The van der Waals surface area contributed by atoms with Gasteiger partial charge in [0.1, 0.15) is 5.75 Å². The number of unbranched alkanes of at least 4 members (excludes halogenated alkanes) is 1. The summed E-state index contributed by atoms with van der Waals surface area (Å²) in [5, 5.41) is 0. The van der Waals surface area contributed by atoms with Crippen molar-refractivity contribution in [3.05, 3.63) is 69.6 Å². The Morgan fingerprint density at radius 2 is 1.57 bits per heavy atom. The van der Waals surface area contributed by atoms with Crippen LogP contribution in [0.1, 0.15) is 42.0 Å². The molecule has 4 nitrogen and oxygen atoms in total. The van der Waals surface area contributed by atoms with Crippen molar-refractivity contribution in [2.45, 2.75) is 54.0 Å². The second-order valence-corrected chi connectivity index (χ2v) is 7.73. The van der Waals surface area contributed by atoms with Crippen LogP contribution in [0.5, 0.6) is 5.75 Å². The molecule has 0 bridgehead atoms. The summed E-state index contributed by atoms with van der Waals surface area (Å²) in [6, 6.07) is 10.4. The van der Waals surface area contributed by atoms with Gasteiger partial charge < -0.3 is 4.74 Å². The van der Waals surface area contributed by atoms with Crippen molar-refractivity contribution in [3.8, 4) is 5.75 Å². The van der Waals surface area contributed by atoms with Gasteiger partial charge in [-0.15, -0.1) is 0 Å². The maximum absolute atomic E-state index is 12.9. The molecule has 148 valence electrons. The van der Waals surface area contributed by atoms with Gasteiger partial charge in [0.25, 0.3) is 0 Å². The van der Waals surface area contributed by atoms with E-state index in [1.165, 1.54) is 22.3 Å². The van der Waals surface area contributed by atoms with Crippen LogP contribution in [0.4, 0.5) is 0 Å². The summed E-state index contributed by atoms with van der Waals surface area (Å²) in [5.74, 6) is 0.908. The van der Waals surface area contributed by atoms with Gasteiger partial charge in [-0.2, -0.15) is 0 Å². The first kappa shape index (κ1) is 20.0. The summed E-state index contributed by atoms with van der Waals surface area (Å²) in [7, 11) is 0. The molecule has 1 heterocycles. The minimum absolute atomic E-state index is 0.0115. The van der Waals surface area contributed by atoms with Gasteiger partial charge in [0.15, 0.2) is 0 Å². The Bertz CT molecular complexity index is 1090. The second kappa shape index (κ2) is 8.09. The Morgan fingerprint density at radius 1 is 0.929 bits per heavy atom. The fourth-order valence-corrected chi connectivity index (χ4v) is 3.46. The third-order valence-electron chi connectivity index (χ3n) is 5.45. The highest BCUT2D eigenvalue weighted by atomic mass is 16.5. The van der Waals surface area contributed by atoms with Gasteiger partial charge in [-0.1, -0.05) is 12.6 Å². The summed E-state index contributed by atoms with van der Waals surface area (Å²) in [4.78, 5) is 12.9. The Kier molecular flexibility index (Phi) is 5.78. The average molecular weight is 379 g/mol. The van der Waals surface area contributed by atoms with Gasteiger partial charge in [-0.25, -0.2) is 4.79 Å². The molecule has 0 atom stereocenters. The van der Waals surface area contributed by atoms with Gasteiger partial charge in [0.05, 0.1) is 17.6 Å². The normalized spacial score (nSPS) is 11.2. The number of hydrogen-bond donors (Lipinski definition) is 0. The topological polar surface area (TPSA) is 36.2 Å². The van der Waals surface area contributed by atoms with Crippen LogP contribution in [0.2, 0.25) is 0 Å².